The lowest BCUT2D eigenvalue weighted by atomic mass is 9.98. The fourth-order valence-electron chi connectivity index (χ4n) is 3.82. The summed E-state index contributed by atoms with van der Waals surface area (Å²) in [5.74, 6) is 1.46. The van der Waals surface area contributed by atoms with Crippen LogP contribution in [0.25, 0.3) is 0 Å². The van der Waals surface area contributed by atoms with Crippen LogP contribution in [0.4, 0.5) is 10.5 Å². The molecule has 0 atom stereocenters. The summed E-state index contributed by atoms with van der Waals surface area (Å²) in [5.41, 5.74) is -0.0374. The van der Waals surface area contributed by atoms with Crippen molar-refractivity contribution in [2.45, 2.75) is 44.1 Å². The topological polar surface area (TPSA) is 108 Å². The Morgan fingerprint density at radius 2 is 1.93 bits per heavy atom. The lowest BCUT2D eigenvalue weighted by Crippen LogP contribution is -2.44. The molecule has 0 aromatic heterocycles. The molecule has 3 rings (SSSR count). The van der Waals surface area contributed by atoms with Crippen molar-refractivity contribution in [3.63, 3.8) is 0 Å². The maximum absolute atomic E-state index is 12.6. The normalized spacial score (nSPS) is 17.1. The quantitative estimate of drug-likeness (QED) is 0.481. The molecular formula is C21H24N4O4. The average molecular weight is 396 g/mol. The number of carbonyl (C=O) groups excluding carboxylic acids is 4. The largest absolute Gasteiger partial charge is 0.341 e. The maximum atomic E-state index is 12.6. The first-order chi connectivity index (χ1) is 14.0. The molecule has 1 saturated heterocycles. The minimum atomic E-state index is -0.732. The summed E-state index contributed by atoms with van der Waals surface area (Å²) in [4.78, 5) is 50.4. The molecular weight excluding hydrogens is 372 g/mol. The molecule has 0 bridgehead atoms. The molecule has 3 N–H and O–H groups in total. The van der Waals surface area contributed by atoms with Gasteiger partial charge in [-0.3, -0.25) is 19.3 Å². The molecule has 1 aliphatic carbocycles. The number of terminal acetylenes is 1. The van der Waals surface area contributed by atoms with Gasteiger partial charge in [0.1, 0.15) is 5.54 Å². The fourth-order valence-corrected chi connectivity index (χ4v) is 3.82. The van der Waals surface area contributed by atoms with Crippen molar-refractivity contribution < 1.29 is 19.2 Å². The van der Waals surface area contributed by atoms with Crippen molar-refractivity contribution in [1.29, 1.82) is 0 Å². The van der Waals surface area contributed by atoms with E-state index in [4.69, 9.17) is 6.42 Å². The summed E-state index contributed by atoms with van der Waals surface area (Å²) in [6, 6.07) is 6.24. The van der Waals surface area contributed by atoms with E-state index in [0.717, 1.165) is 12.8 Å². The Kier molecular flexibility index (Phi) is 6.17. The Labute approximate surface area is 169 Å². The van der Waals surface area contributed by atoms with Crippen molar-refractivity contribution in [3.8, 4) is 12.3 Å². The summed E-state index contributed by atoms with van der Waals surface area (Å²) in [6.45, 7) is 0.276. The predicted molar refractivity (Wildman–Crippen MR) is 107 cm³/mol. The second kappa shape index (κ2) is 8.78. The molecule has 2 fully saturated rings. The third kappa shape index (κ3) is 4.40. The van der Waals surface area contributed by atoms with Gasteiger partial charge in [0, 0.05) is 13.0 Å². The second-order valence-electron chi connectivity index (χ2n) is 7.26. The monoisotopic (exact) mass is 396 g/mol. The van der Waals surface area contributed by atoms with E-state index in [-0.39, 0.29) is 43.3 Å². The molecule has 152 valence electrons. The highest BCUT2D eigenvalue weighted by Gasteiger charge is 2.52. The summed E-state index contributed by atoms with van der Waals surface area (Å²) in [5, 5.41) is 8.09. The van der Waals surface area contributed by atoms with Gasteiger partial charge in [-0.15, -0.1) is 6.42 Å². The van der Waals surface area contributed by atoms with Crippen molar-refractivity contribution in [1.82, 2.24) is 15.5 Å². The van der Waals surface area contributed by atoms with Crippen LogP contribution in [-0.4, -0.2) is 47.3 Å². The van der Waals surface area contributed by atoms with Gasteiger partial charge in [0.05, 0.1) is 17.8 Å². The lowest BCUT2D eigenvalue weighted by molar-refractivity contribution is -0.131. The molecule has 1 aromatic rings. The van der Waals surface area contributed by atoms with Gasteiger partial charge in [0.25, 0.3) is 11.8 Å². The average Bonchev–Trinajstić information content (AvgIpc) is 3.26. The Bertz CT molecular complexity index is 868. The van der Waals surface area contributed by atoms with Crippen LogP contribution < -0.4 is 16.0 Å². The van der Waals surface area contributed by atoms with E-state index < -0.39 is 5.54 Å². The molecule has 1 saturated carbocycles. The van der Waals surface area contributed by atoms with Crippen molar-refractivity contribution in [2.75, 3.05) is 18.4 Å². The first kappa shape index (κ1) is 20.4. The number of hydrogen-bond donors (Lipinski definition) is 3. The van der Waals surface area contributed by atoms with Crippen LogP contribution in [0.5, 0.6) is 0 Å². The summed E-state index contributed by atoms with van der Waals surface area (Å²) < 4.78 is 0. The van der Waals surface area contributed by atoms with Crippen LogP contribution in [0, 0.1) is 12.3 Å². The number of hydrogen-bond acceptors (Lipinski definition) is 4. The zero-order valence-corrected chi connectivity index (χ0v) is 16.1. The van der Waals surface area contributed by atoms with E-state index in [1.807, 2.05) is 0 Å². The molecule has 8 heteroatoms. The number of urea groups is 1. The minimum absolute atomic E-state index is 0.0918. The standard InChI is InChI=1S/C21H24N4O4/c1-2-13-22-18(27)15-8-3-4-9-16(15)23-17(26)10-7-14-25-19(28)21(24-20(25)29)11-5-6-12-21/h1,3-4,8-9H,5-7,10-14H2,(H,22,27)(H,23,26)(H,24,29). The minimum Gasteiger partial charge on any atom is -0.341 e. The van der Waals surface area contributed by atoms with Gasteiger partial charge in [-0.1, -0.05) is 30.9 Å². The van der Waals surface area contributed by atoms with Gasteiger partial charge in [-0.2, -0.15) is 0 Å². The van der Waals surface area contributed by atoms with Gasteiger partial charge >= 0.3 is 6.03 Å². The van der Waals surface area contributed by atoms with Crippen LogP contribution in [0.2, 0.25) is 0 Å². The van der Waals surface area contributed by atoms with Gasteiger partial charge in [0.2, 0.25) is 5.91 Å². The van der Waals surface area contributed by atoms with Crippen LogP contribution in [0.1, 0.15) is 48.9 Å². The highest BCUT2D eigenvalue weighted by atomic mass is 16.2. The Morgan fingerprint density at radius 3 is 2.66 bits per heavy atom. The van der Waals surface area contributed by atoms with Gasteiger partial charge in [-0.05, 0) is 31.4 Å². The number of amides is 5. The second-order valence-corrected chi connectivity index (χ2v) is 7.26. The number of nitrogens with zero attached hydrogens (tertiary/aromatic N) is 1. The molecule has 2 aliphatic rings. The van der Waals surface area contributed by atoms with Crippen molar-refractivity contribution in [2.24, 2.45) is 0 Å². The van der Waals surface area contributed by atoms with E-state index in [9.17, 15) is 19.2 Å². The van der Waals surface area contributed by atoms with Crippen LogP contribution in [-0.2, 0) is 9.59 Å². The Morgan fingerprint density at radius 1 is 1.21 bits per heavy atom. The first-order valence-electron chi connectivity index (χ1n) is 9.71. The number of anilines is 1. The number of para-hydroxylation sites is 1. The highest BCUT2D eigenvalue weighted by molar-refractivity contribution is 6.07. The van der Waals surface area contributed by atoms with Crippen molar-refractivity contribution in [3.05, 3.63) is 29.8 Å². The zero-order chi connectivity index (χ0) is 20.9. The first-order valence-corrected chi connectivity index (χ1v) is 9.71. The van der Waals surface area contributed by atoms with E-state index in [2.05, 4.69) is 21.9 Å². The maximum Gasteiger partial charge on any atom is 0.325 e. The molecule has 0 radical (unpaired) electrons. The number of imide groups is 1. The molecule has 29 heavy (non-hydrogen) atoms. The van der Waals surface area contributed by atoms with E-state index >= 15 is 0 Å². The van der Waals surface area contributed by atoms with E-state index in [1.165, 1.54) is 4.90 Å². The van der Waals surface area contributed by atoms with E-state index in [0.29, 0.717) is 30.5 Å². The molecule has 8 nitrogen and oxygen atoms in total. The molecule has 5 amide bonds. The van der Waals surface area contributed by atoms with E-state index in [1.54, 1.807) is 24.3 Å². The van der Waals surface area contributed by atoms with Gasteiger partial charge in [-0.25, -0.2) is 4.79 Å². The Balaban J connectivity index is 1.52. The highest BCUT2D eigenvalue weighted by Crippen LogP contribution is 2.35. The third-order valence-electron chi connectivity index (χ3n) is 5.29. The Hall–Kier alpha value is -3.34. The van der Waals surface area contributed by atoms with Crippen LogP contribution in [0.3, 0.4) is 0 Å². The third-order valence-corrected chi connectivity index (χ3v) is 5.29. The van der Waals surface area contributed by atoms with Crippen molar-refractivity contribution >= 4 is 29.4 Å². The number of rotatable bonds is 7. The summed E-state index contributed by atoms with van der Waals surface area (Å²) in [6.07, 6.45) is 8.80. The molecule has 1 aromatic carbocycles. The number of nitrogens with one attached hydrogen (secondary N) is 3. The van der Waals surface area contributed by atoms with Gasteiger partial charge < -0.3 is 16.0 Å². The summed E-state index contributed by atoms with van der Waals surface area (Å²) in [7, 11) is 0. The van der Waals surface area contributed by atoms with Gasteiger partial charge in [0.15, 0.2) is 0 Å². The SMILES string of the molecule is C#CCNC(=O)c1ccccc1NC(=O)CCCN1C(=O)NC2(CCCC2)C1=O. The zero-order valence-electron chi connectivity index (χ0n) is 16.1. The number of carbonyl (C=O) groups is 4. The number of benzene rings is 1. The fraction of sp³-hybridized carbons (Fsp3) is 0.429. The molecule has 1 spiro atoms. The molecule has 0 unspecified atom stereocenters. The summed E-state index contributed by atoms with van der Waals surface area (Å²) >= 11 is 0. The lowest BCUT2D eigenvalue weighted by Gasteiger charge is -2.20. The smallest absolute Gasteiger partial charge is 0.325 e. The molecule has 1 heterocycles. The predicted octanol–water partition coefficient (Wildman–Crippen LogP) is 1.63. The van der Waals surface area contributed by atoms with Crippen LogP contribution >= 0.6 is 0 Å². The molecule has 1 aliphatic heterocycles. The van der Waals surface area contributed by atoms with Crippen LogP contribution in [0.15, 0.2) is 24.3 Å².